The third-order valence-electron chi connectivity index (χ3n) is 0.681. The molecule has 3 N–H and O–H groups in total. The fourth-order valence-corrected chi connectivity index (χ4v) is 1.60. The van der Waals surface area contributed by atoms with Gasteiger partial charge in [-0.25, -0.2) is 5.14 Å². The van der Waals surface area contributed by atoms with Gasteiger partial charge in [-0.15, -0.1) is 0 Å². The molecule has 5 nitrogen and oxygen atoms in total. The molecule has 0 amide bonds. The summed E-state index contributed by atoms with van der Waals surface area (Å²) in [7, 11) is -3.59. The smallest absolute Gasteiger partial charge is 0.210 e. The number of hydrogen-bond acceptors (Lipinski definition) is 4. The van der Waals surface area contributed by atoms with Gasteiger partial charge in [0.2, 0.25) is 0 Å². The molecule has 0 saturated heterocycles. The Morgan fingerprint density at radius 2 is 2.33 bits per heavy atom. The molecule has 0 saturated carbocycles. The molecule has 1 heterocycles. The van der Waals surface area contributed by atoms with Gasteiger partial charge in [0, 0.05) is 11.6 Å². The van der Waals surface area contributed by atoms with Crippen LogP contribution in [0.25, 0.3) is 0 Å². The maximum atomic E-state index is 10.4. The van der Waals surface area contributed by atoms with Gasteiger partial charge < -0.3 is 0 Å². The predicted molar refractivity (Wildman–Crippen MR) is 34.8 cm³/mol. The molecule has 0 aromatic heterocycles. The number of nitrogens with one attached hydrogen (secondary N) is 1. The van der Waals surface area contributed by atoms with Gasteiger partial charge in [0.05, 0.1) is 0 Å². The van der Waals surface area contributed by atoms with E-state index in [9.17, 15) is 8.42 Å². The molecule has 0 spiro atoms. The summed E-state index contributed by atoms with van der Waals surface area (Å²) in [5.74, 6) is 0. The largest absolute Gasteiger partial charge is 0.312 e. The molecule has 0 aliphatic carbocycles. The molecule has 0 aromatic carbocycles. The Labute approximate surface area is 57.2 Å². The standard InChI is InChI=1S/C2H5N3O2S2/c3-9(6,7)5-1-2-8-4-5/h1-2,4H,(H2,3,6,7). The lowest BCUT2D eigenvalue weighted by Crippen LogP contribution is -2.36. The highest BCUT2D eigenvalue weighted by molar-refractivity contribution is 8.01. The highest BCUT2D eigenvalue weighted by Gasteiger charge is 2.14. The molecule has 7 heteroatoms. The topological polar surface area (TPSA) is 75.4 Å². The minimum atomic E-state index is -3.59. The summed E-state index contributed by atoms with van der Waals surface area (Å²) in [4.78, 5) is 2.42. The van der Waals surface area contributed by atoms with E-state index in [1.54, 1.807) is 5.41 Å². The van der Waals surface area contributed by atoms with Crippen molar-refractivity contribution in [1.82, 2.24) is 9.25 Å². The SMILES string of the molecule is NS(=O)(=O)N1C=CSN1. The molecule has 0 atom stereocenters. The molecule has 1 aliphatic rings. The average molecular weight is 167 g/mol. The third kappa shape index (κ3) is 1.58. The zero-order valence-electron chi connectivity index (χ0n) is 4.31. The Bertz CT molecular complexity index is 220. The summed E-state index contributed by atoms with van der Waals surface area (Å²) in [5, 5.41) is 6.29. The molecule has 0 unspecified atom stereocenters. The van der Waals surface area contributed by atoms with Gasteiger partial charge in [0.25, 0.3) is 0 Å². The first-order valence-electron chi connectivity index (χ1n) is 2.01. The lowest BCUT2D eigenvalue weighted by atomic mass is 11.1. The van der Waals surface area contributed by atoms with Crippen molar-refractivity contribution in [3.05, 3.63) is 11.6 Å². The van der Waals surface area contributed by atoms with Crippen LogP contribution in [0.1, 0.15) is 0 Å². The maximum Gasteiger partial charge on any atom is 0.312 e. The van der Waals surface area contributed by atoms with Crippen LogP contribution in [0, 0.1) is 0 Å². The first-order valence-corrected chi connectivity index (χ1v) is 4.39. The Balaban J connectivity index is 2.76. The predicted octanol–water partition coefficient (Wildman–Crippen LogP) is -0.870. The van der Waals surface area contributed by atoms with E-state index in [1.165, 1.54) is 6.20 Å². The zero-order valence-corrected chi connectivity index (χ0v) is 5.95. The molecule has 9 heavy (non-hydrogen) atoms. The van der Waals surface area contributed by atoms with Gasteiger partial charge in [0.1, 0.15) is 0 Å². The van der Waals surface area contributed by atoms with Crippen LogP contribution in [-0.2, 0) is 10.2 Å². The van der Waals surface area contributed by atoms with Crippen molar-refractivity contribution in [1.29, 1.82) is 0 Å². The average Bonchev–Trinajstić information content (AvgIpc) is 2.08. The molecule has 52 valence electrons. The molecule has 0 bridgehead atoms. The van der Waals surface area contributed by atoms with E-state index in [-0.39, 0.29) is 0 Å². The maximum absolute atomic E-state index is 10.4. The summed E-state index contributed by atoms with van der Waals surface area (Å²) >= 11 is 1.15. The molecule has 1 rings (SSSR count). The number of nitrogens with zero attached hydrogens (tertiary/aromatic N) is 1. The molecular weight excluding hydrogens is 162 g/mol. The van der Waals surface area contributed by atoms with Crippen LogP contribution in [0.5, 0.6) is 0 Å². The first kappa shape index (κ1) is 6.87. The highest BCUT2D eigenvalue weighted by atomic mass is 32.2. The van der Waals surface area contributed by atoms with E-state index >= 15 is 0 Å². The van der Waals surface area contributed by atoms with Crippen molar-refractivity contribution in [2.75, 3.05) is 0 Å². The quantitative estimate of drug-likeness (QED) is 0.498. The second-order valence-corrected chi connectivity index (χ2v) is 3.45. The van der Waals surface area contributed by atoms with Crippen molar-refractivity contribution in [2.45, 2.75) is 0 Å². The Kier molecular flexibility index (Phi) is 1.66. The van der Waals surface area contributed by atoms with Gasteiger partial charge in [0.15, 0.2) is 0 Å². The fraction of sp³-hybridized carbons (Fsp3) is 0. The summed E-state index contributed by atoms with van der Waals surface area (Å²) < 4.78 is 21.7. The van der Waals surface area contributed by atoms with Crippen LogP contribution in [0.4, 0.5) is 0 Å². The highest BCUT2D eigenvalue weighted by Crippen LogP contribution is 2.09. The first-order chi connectivity index (χ1) is 4.11. The number of hydrogen-bond donors (Lipinski definition) is 2. The third-order valence-corrected chi connectivity index (χ3v) is 2.12. The van der Waals surface area contributed by atoms with E-state index in [0.29, 0.717) is 0 Å². The molecule has 0 fully saturated rings. The van der Waals surface area contributed by atoms with Crippen LogP contribution >= 0.6 is 11.9 Å². The van der Waals surface area contributed by atoms with Gasteiger partial charge in [-0.05, 0) is 11.9 Å². The summed E-state index contributed by atoms with van der Waals surface area (Å²) in [6.07, 6.45) is 1.33. The van der Waals surface area contributed by atoms with Gasteiger partial charge in [-0.3, -0.25) is 0 Å². The zero-order chi connectivity index (χ0) is 6.91. The van der Waals surface area contributed by atoms with E-state index < -0.39 is 10.2 Å². The van der Waals surface area contributed by atoms with E-state index in [2.05, 4.69) is 4.83 Å². The fourth-order valence-electron chi connectivity index (χ4n) is 0.335. The van der Waals surface area contributed by atoms with Crippen molar-refractivity contribution >= 4 is 22.2 Å². The Morgan fingerprint density at radius 3 is 2.56 bits per heavy atom. The summed E-state index contributed by atoms with van der Waals surface area (Å²) in [6.45, 7) is 0. The Morgan fingerprint density at radius 1 is 1.67 bits per heavy atom. The number of rotatable bonds is 1. The van der Waals surface area contributed by atoms with Crippen LogP contribution in [0.3, 0.4) is 0 Å². The Hall–Kier alpha value is -0.240. The van der Waals surface area contributed by atoms with Crippen molar-refractivity contribution in [2.24, 2.45) is 5.14 Å². The molecule has 0 aromatic rings. The lowest BCUT2D eigenvalue weighted by Gasteiger charge is -2.09. The monoisotopic (exact) mass is 167 g/mol. The van der Waals surface area contributed by atoms with Crippen molar-refractivity contribution < 1.29 is 8.42 Å². The van der Waals surface area contributed by atoms with Crippen LogP contribution < -0.4 is 9.97 Å². The van der Waals surface area contributed by atoms with Gasteiger partial charge in [-0.1, -0.05) is 0 Å². The van der Waals surface area contributed by atoms with Gasteiger partial charge in [-0.2, -0.15) is 17.7 Å². The molecular formula is C2H5N3O2S2. The van der Waals surface area contributed by atoms with E-state index in [1.807, 2.05) is 0 Å². The second kappa shape index (κ2) is 2.18. The van der Waals surface area contributed by atoms with Crippen LogP contribution in [-0.4, -0.2) is 12.8 Å². The van der Waals surface area contributed by atoms with E-state index in [0.717, 1.165) is 16.4 Å². The number of nitrogens with two attached hydrogens (primary N) is 1. The summed E-state index contributed by atoms with van der Waals surface area (Å²) in [6, 6.07) is 0. The van der Waals surface area contributed by atoms with Crippen LogP contribution in [0.2, 0.25) is 0 Å². The van der Waals surface area contributed by atoms with E-state index in [4.69, 9.17) is 5.14 Å². The second-order valence-electron chi connectivity index (χ2n) is 1.34. The minimum Gasteiger partial charge on any atom is -0.210 e. The molecule has 1 aliphatic heterocycles. The normalized spacial score (nSPS) is 19.0. The van der Waals surface area contributed by atoms with Gasteiger partial charge >= 0.3 is 10.2 Å². The van der Waals surface area contributed by atoms with Crippen molar-refractivity contribution in [3.63, 3.8) is 0 Å². The minimum absolute atomic E-state index is 0.831. The van der Waals surface area contributed by atoms with Crippen LogP contribution in [0.15, 0.2) is 11.6 Å². The summed E-state index contributed by atoms with van der Waals surface area (Å²) in [5.41, 5.74) is 0. The lowest BCUT2D eigenvalue weighted by molar-refractivity contribution is 0.494. The van der Waals surface area contributed by atoms with Crippen molar-refractivity contribution in [3.8, 4) is 0 Å². The number of hydrazine groups is 1. The molecule has 0 radical (unpaired) electrons.